The second-order valence-corrected chi connectivity index (χ2v) is 12.9. The molecule has 2 amide bonds. The number of para-hydroxylation sites is 1. The Morgan fingerprint density at radius 1 is 1.12 bits per heavy atom. The fourth-order valence-corrected chi connectivity index (χ4v) is 6.37. The minimum Gasteiger partial charge on any atom is -0.396 e. The van der Waals surface area contributed by atoms with Crippen LogP contribution in [-0.2, 0) is 9.47 Å². The van der Waals surface area contributed by atoms with E-state index in [1.165, 1.54) is 0 Å². The van der Waals surface area contributed by atoms with Crippen LogP contribution in [0.2, 0.25) is 0 Å². The molecular weight excluding hydrogens is 530 g/mol. The third-order valence-electron chi connectivity index (χ3n) is 6.92. The summed E-state index contributed by atoms with van der Waals surface area (Å²) in [5.74, 6) is 0.323. The number of benzene rings is 1. The third kappa shape index (κ3) is 6.30. The Morgan fingerprint density at radius 3 is 2.60 bits per heavy atom. The van der Waals surface area contributed by atoms with Gasteiger partial charge in [-0.1, -0.05) is 12.1 Å². The molecule has 11 nitrogen and oxygen atoms in total. The number of nitrogens with zero attached hydrogens (tertiary/aromatic N) is 3. The molecule has 0 spiro atoms. The zero-order chi connectivity index (χ0) is 28.7. The van der Waals surface area contributed by atoms with Crippen molar-refractivity contribution in [3.63, 3.8) is 0 Å². The second-order valence-electron chi connectivity index (χ2n) is 11.9. The number of thiazole rings is 1. The fraction of sp³-hybridized carbons (Fsp3) is 0.571. The lowest BCUT2D eigenvalue weighted by atomic mass is 10.1. The van der Waals surface area contributed by atoms with E-state index in [0.717, 1.165) is 26.5 Å². The van der Waals surface area contributed by atoms with Crippen molar-refractivity contribution in [2.75, 3.05) is 30.3 Å². The number of amides is 2. The van der Waals surface area contributed by atoms with Gasteiger partial charge in [-0.15, -0.1) is 11.3 Å². The van der Waals surface area contributed by atoms with Gasteiger partial charge in [-0.3, -0.25) is 0 Å². The molecule has 12 heteroatoms. The number of anilines is 2. The van der Waals surface area contributed by atoms with Gasteiger partial charge in [0.25, 0.3) is 0 Å². The van der Waals surface area contributed by atoms with Gasteiger partial charge in [0.2, 0.25) is 5.95 Å². The molecule has 40 heavy (non-hydrogen) atoms. The summed E-state index contributed by atoms with van der Waals surface area (Å²) in [5.41, 5.74) is 2.21. The lowest BCUT2D eigenvalue weighted by molar-refractivity contribution is -0.158. The molecule has 3 heterocycles. The molecule has 1 aliphatic carbocycles. The molecule has 1 saturated carbocycles. The Labute approximate surface area is 238 Å². The van der Waals surface area contributed by atoms with Crippen LogP contribution in [0.1, 0.15) is 46.7 Å². The number of rotatable bonds is 8. The summed E-state index contributed by atoms with van der Waals surface area (Å²) >= 11 is 1.59. The van der Waals surface area contributed by atoms with Gasteiger partial charge in [-0.2, -0.15) is 4.98 Å². The maximum absolute atomic E-state index is 12.1. The molecule has 1 aliphatic heterocycles. The molecule has 5 rings (SSSR count). The topological polar surface area (TPSA) is 143 Å². The normalized spacial score (nSPS) is 23.7. The first-order valence-corrected chi connectivity index (χ1v) is 14.5. The number of fused-ring (bicyclic) bond motifs is 2. The van der Waals surface area contributed by atoms with Crippen molar-refractivity contribution in [2.24, 2.45) is 5.92 Å². The van der Waals surface area contributed by atoms with Crippen LogP contribution in [0.25, 0.3) is 20.8 Å². The SMILES string of the molecule is Cc1nc(NCCNC(=O)NC(C)(C)C)nc(NC2CC(CO)C3OC(C)(C)OC23)c1-c1nc2ccccc2s1. The van der Waals surface area contributed by atoms with Crippen molar-refractivity contribution in [1.29, 1.82) is 0 Å². The van der Waals surface area contributed by atoms with Crippen molar-refractivity contribution >= 4 is 39.4 Å². The van der Waals surface area contributed by atoms with E-state index >= 15 is 0 Å². The molecule has 3 aromatic rings. The summed E-state index contributed by atoms with van der Waals surface area (Å²) in [6.07, 6.45) is 0.252. The molecule has 1 saturated heterocycles. The quantitative estimate of drug-likeness (QED) is 0.255. The number of aliphatic hydroxyl groups excluding tert-OH is 1. The van der Waals surface area contributed by atoms with Gasteiger partial charge in [0.1, 0.15) is 16.9 Å². The summed E-state index contributed by atoms with van der Waals surface area (Å²) in [4.78, 5) is 26.6. The van der Waals surface area contributed by atoms with Crippen molar-refractivity contribution in [1.82, 2.24) is 25.6 Å². The van der Waals surface area contributed by atoms with E-state index in [2.05, 4.69) is 27.3 Å². The molecule has 0 radical (unpaired) electrons. The molecule has 2 aliphatic rings. The van der Waals surface area contributed by atoms with E-state index in [4.69, 9.17) is 24.4 Å². The van der Waals surface area contributed by atoms with E-state index < -0.39 is 5.79 Å². The van der Waals surface area contributed by atoms with Gasteiger partial charge in [0.15, 0.2) is 5.79 Å². The third-order valence-corrected chi connectivity index (χ3v) is 7.97. The Kier molecular flexibility index (Phi) is 7.88. The van der Waals surface area contributed by atoms with Gasteiger partial charge in [-0.25, -0.2) is 14.8 Å². The molecule has 0 bridgehead atoms. The number of carbonyl (C=O) groups is 1. The van der Waals surface area contributed by atoms with Crippen LogP contribution in [0.3, 0.4) is 0 Å². The highest BCUT2D eigenvalue weighted by molar-refractivity contribution is 7.21. The van der Waals surface area contributed by atoms with Crippen LogP contribution in [-0.4, -0.2) is 75.4 Å². The molecule has 5 N–H and O–H groups in total. The van der Waals surface area contributed by atoms with E-state index in [9.17, 15) is 9.90 Å². The maximum atomic E-state index is 12.1. The van der Waals surface area contributed by atoms with Crippen LogP contribution in [0.5, 0.6) is 0 Å². The molecule has 2 aromatic heterocycles. The zero-order valence-corrected chi connectivity index (χ0v) is 24.7. The number of urea groups is 1. The first-order valence-electron chi connectivity index (χ1n) is 13.7. The number of aryl methyl sites for hydroxylation is 1. The standard InChI is InChI=1S/C28H39N7O4S/c1-15-20(24-33-17-9-7-8-10-19(17)40-24)23(32-18-13-16(14-36)21-22(18)39-28(5,6)38-21)34-25(31-15)29-11-12-30-26(37)35-27(2,3)4/h7-10,16,18,21-22,36H,11-14H2,1-6H3,(H2,30,35,37)(H2,29,31,32,34). The van der Waals surface area contributed by atoms with Crippen LogP contribution in [0.4, 0.5) is 16.6 Å². The number of aliphatic hydroxyl groups is 1. The lowest BCUT2D eigenvalue weighted by Crippen LogP contribution is -2.47. The van der Waals surface area contributed by atoms with Crippen LogP contribution >= 0.6 is 11.3 Å². The molecular formula is C28H39N7O4S. The summed E-state index contributed by atoms with van der Waals surface area (Å²) in [6, 6.07) is 7.68. The van der Waals surface area contributed by atoms with Crippen molar-refractivity contribution in [2.45, 2.75) is 77.5 Å². The van der Waals surface area contributed by atoms with Gasteiger partial charge in [-0.05, 0) is 60.1 Å². The van der Waals surface area contributed by atoms with Gasteiger partial charge >= 0.3 is 6.03 Å². The second kappa shape index (κ2) is 11.1. The number of ether oxygens (including phenoxy) is 2. The van der Waals surface area contributed by atoms with E-state index in [1.807, 2.05) is 59.7 Å². The smallest absolute Gasteiger partial charge is 0.315 e. The van der Waals surface area contributed by atoms with Gasteiger partial charge < -0.3 is 35.8 Å². The lowest BCUT2D eigenvalue weighted by Gasteiger charge is -2.25. The number of aromatic nitrogens is 3. The van der Waals surface area contributed by atoms with E-state index in [1.54, 1.807) is 11.3 Å². The molecule has 4 atom stereocenters. The van der Waals surface area contributed by atoms with Crippen LogP contribution in [0.15, 0.2) is 24.3 Å². The number of hydrogen-bond acceptors (Lipinski definition) is 10. The monoisotopic (exact) mass is 569 g/mol. The zero-order valence-electron chi connectivity index (χ0n) is 23.9. The predicted molar refractivity (Wildman–Crippen MR) is 157 cm³/mol. The van der Waals surface area contributed by atoms with Crippen LogP contribution in [0, 0.1) is 12.8 Å². The summed E-state index contributed by atoms with van der Waals surface area (Å²) in [6.45, 7) is 12.4. The average Bonchev–Trinajstić information content (AvgIpc) is 3.51. The first kappa shape index (κ1) is 28.5. The van der Waals surface area contributed by atoms with Crippen molar-refractivity contribution < 1.29 is 19.4 Å². The van der Waals surface area contributed by atoms with Crippen molar-refractivity contribution in [3.05, 3.63) is 30.0 Å². The Bertz CT molecular complexity index is 1340. The van der Waals surface area contributed by atoms with Crippen LogP contribution < -0.4 is 21.3 Å². The molecule has 1 aromatic carbocycles. The minimum atomic E-state index is -0.723. The first-order chi connectivity index (χ1) is 18.9. The highest BCUT2D eigenvalue weighted by Gasteiger charge is 2.54. The largest absolute Gasteiger partial charge is 0.396 e. The Morgan fingerprint density at radius 2 is 1.88 bits per heavy atom. The van der Waals surface area contributed by atoms with Gasteiger partial charge in [0.05, 0.1) is 33.6 Å². The number of nitrogens with one attached hydrogen (secondary N) is 4. The average molecular weight is 570 g/mol. The molecule has 2 fully saturated rings. The number of hydrogen-bond donors (Lipinski definition) is 5. The summed E-state index contributed by atoms with van der Waals surface area (Å²) < 4.78 is 13.5. The highest BCUT2D eigenvalue weighted by Crippen LogP contribution is 2.44. The maximum Gasteiger partial charge on any atom is 0.315 e. The van der Waals surface area contributed by atoms with Crippen molar-refractivity contribution in [3.8, 4) is 10.6 Å². The minimum absolute atomic E-state index is 0.0227. The molecule has 4 unspecified atom stereocenters. The Balaban J connectivity index is 1.40. The Hall–Kier alpha value is -3.06. The van der Waals surface area contributed by atoms with Gasteiger partial charge in [0, 0.05) is 31.2 Å². The summed E-state index contributed by atoms with van der Waals surface area (Å²) in [7, 11) is 0. The molecule has 216 valence electrons. The summed E-state index contributed by atoms with van der Waals surface area (Å²) in [5, 5.41) is 23.5. The van der Waals surface area contributed by atoms with E-state index in [-0.39, 0.29) is 42.3 Å². The highest BCUT2D eigenvalue weighted by atomic mass is 32.1. The fourth-order valence-electron chi connectivity index (χ4n) is 5.31. The van der Waals surface area contributed by atoms with E-state index in [0.29, 0.717) is 31.3 Å². The predicted octanol–water partition coefficient (Wildman–Crippen LogP) is 3.88. The number of carbonyl (C=O) groups excluding carboxylic acids is 1.